The molecular formula is C12H16AcNO2-. The van der Waals surface area contributed by atoms with E-state index in [1.807, 2.05) is 6.07 Å². The maximum atomic E-state index is 5.28. The molecule has 0 fully saturated rings. The molecule has 0 spiro atoms. The van der Waals surface area contributed by atoms with Crippen LogP contribution in [-0.4, -0.2) is 20.8 Å². The van der Waals surface area contributed by atoms with E-state index in [1.54, 1.807) is 14.2 Å². The quantitative estimate of drug-likeness (QED) is 0.719. The summed E-state index contributed by atoms with van der Waals surface area (Å²) in [4.78, 5) is 0. The van der Waals surface area contributed by atoms with E-state index in [1.165, 1.54) is 11.1 Å². The molecule has 2 rings (SSSR count). The van der Waals surface area contributed by atoms with Crippen LogP contribution in [0.5, 0.6) is 11.5 Å². The molecule has 4 heteroatoms. The van der Waals surface area contributed by atoms with Crippen molar-refractivity contribution in [1.29, 1.82) is 0 Å². The Hall–Kier alpha value is 0.222. The standard InChI is InChI=1S/C12H16NO2.Ac/c1-8-10-7-12(15-3)11(14-2)6-9(10)4-5-13-8;/h6-8H,4-5H2,1-3H3;/q-1;. The molecule has 1 heterocycles. The van der Waals surface area contributed by atoms with E-state index in [4.69, 9.17) is 9.47 Å². The van der Waals surface area contributed by atoms with Crippen LogP contribution in [0, 0.1) is 44.1 Å². The topological polar surface area (TPSA) is 32.6 Å². The third kappa shape index (κ3) is 2.72. The molecule has 0 saturated heterocycles. The third-order valence-corrected chi connectivity index (χ3v) is 2.88. The number of hydrogen-bond donors (Lipinski definition) is 0. The number of fused-ring (bicyclic) bond motifs is 1. The monoisotopic (exact) mass is 433 g/mol. The van der Waals surface area contributed by atoms with E-state index in [2.05, 4.69) is 18.3 Å². The number of methoxy groups -OCH3 is 2. The maximum absolute atomic E-state index is 5.28. The van der Waals surface area contributed by atoms with Crippen LogP contribution in [0.15, 0.2) is 12.1 Å². The summed E-state index contributed by atoms with van der Waals surface area (Å²) in [6, 6.07) is 4.38. The Kier molecular flexibility index (Phi) is 5.57. The van der Waals surface area contributed by atoms with Gasteiger partial charge in [0.1, 0.15) is 0 Å². The Morgan fingerprint density at radius 1 is 1.19 bits per heavy atom. The van der Waals surface area contributed by atoms with E-state index >= 15 is 0 Å². The fourth-order valence-electron chi connectivity index (χ4n) is 2.02. The van der Waals surface area contributed by atoms with Gasteiger partial charge in [-0.15, -0.1) is 12.6 Å². The van der Waals surface area contributed by atoms with Crippen LogP contribution in [-0.2, 0) is 6.42 Å². The Bertz CT molecular complexity index is 368. The minimum atomic E-state index is 0. The third-order valence-electron chi connectivity index (χ3n) is 2.88. The zero-order chi connectivity index (χ0) is 10.8. The molecule has 0 amide bonds. The molecule has 1 aliphatic heterocycles. The van der Waals surface area contributed by atoms with Crippen molar-refractivity contribution in [2.75, 3.05) is 20.8 Å². The van der Waals surface area contributed by atoms with Gasteiger partial charge < -0.3 is 14.8 Å². The number of rotatable bonds is 2. The SMILES string of the molecule is COc1cc2c(cc1OC)C(C)[N-]CC2.[Ac]. The van der Waals surface area contributed by atoms with Gasteiger partial charge in [0.2, 0.25) is 0 Å². The molecule has 1 radical (unpaired) electrons. The summed E-state index contributed by atoms with van der Waals surface area (Å²) >= 11 is 0. The van der Waals surface area contributed by atoms with Gasteiger partial charge in [-0.3, -0.25) is 0 Å². The van der Waals surface area contributed by atoms with Gasteiger partial charge in [0.25, 0.3) is 0 Å². The second kappa shape index (κ2) is 6.23. The summed E-state index contributed by atoms with van der Waals surface area (Å²) in [6.07, 6.45) is 1.00. The predicted molar refractivity (Wildman–Crippen MR) is 59.9 cm³/mol. The van der Waals surface area contributed by atoms with Crippen molar-refractivity contribution in [2.24, 2.45) is 0 Å². The molecule has 16 heavy (non-hydrogen) atoms. The molecule has 1 unspecified atom stereocenters. The van der Waals surface area contributed by atoms with Gasteiger partial charge in [0.15, 0.2) is 11.5 Å². The molecular weight excluding hydrogens is 417 g/mol. The molecule has 0 N–H and O–H groups in total. The van der Waals surface area contributed by atoms with Crippen molar-refractivity contribution in [3.63, 3.8) is 0 Å². The molecule has 0 saturated carbocycles. The summed E-state index contributed by atoms with van der Waals surface area (Å²) in [5.74, 6) is 1.60. The number of ether oxygens (including phenoxy) is 2. The Labute approximate surface area is 132 Å². The minimum absolute atomic E-state index is 0. The average Bonchev–Trinajstić information content (AvgIpc) is 2.28. The first-order valence-electron chi connectivity index (χ1n) is 5.17. The predicted octanol–water partition coefficient (Wildman–Crippen LogP) is 2.69. The van der Waals surface area contributed by atoms with Gasteiger partial charge in [-0.2, -0.15) is 0 Å². The van der Waals surface area contributed by atoms with Gasteiger partial charge in [0.05, 0.1) is 14.2 Å². The smallest absolute Gasteiger partial charge is 0.161 e. The second-order valence-corrected chi connectivity index (χ2v) is 3.74. The fourth-order valence-corrected chi connectivity index (χ4v) is 2.02. The van der Waals surface area contributed by atoms with Gasteiger partial charge in [-0.25, -0.2) is 0 Å². The van der Waals surface area contributed by atoms with E-state index in [0.29, 0.717) is 0 Å². The van der Waals surface area contributed by atoms with Gasteiger partial charge >= 0.3 is 0 Å². The van der Waals surface area contributed by atoms with Crippen molar-refractivity contribution < 1.29 is 53.5 Å². The molecule has 1 aliphatic rings. The molecule has 0 aliphatic carbocycles. The fraction of sp³-hybridized carbons (Fsp3) is 0.500. The number of hydrogen-bond acceptors (Lipinski definition) is 2. The van der Waals surface area contributed by atoms with Gasteiger partial charge in [-0.1, -0.05) is 12.5 Å². The molecule has 1 aromatic carbocycles. The first-order chi connectivity index (χ1) is 7.26. The zero-order valence-corrected chi connectivity index (χ0v) is 14.7. The largest absolute Gasteiger partial charge is 0.656 e. The Morgan fingerprint density at radius 3 is 2.44 bits per heavy atom. The van der Waals surface area contributed by atoms with Crippen molar-refractivity contribution in [3.05, 3.63) is 28.6 Å². The average molecular weight is 433 g/mol. The first-order valence-corrected chi connectivity index (χ1v) is 5.17. The van der Waals surface area contributed by atoms with Crippen molar-refractivity contribution in [3.8, 4) is 11.5 Å². The van der Waals surface area contributed by atoms with Crippen LogP contribution in [0.2, 0.25) is 0 Å². The summed E-state index contributed by atoms with van der Waals surface area (Å²) in [6.45, 7) is 3.02. The van der Waals surface area contributed by atoms with Crippen LogP contribution in [0.4, 0.5) is 0 Å². The van der Waals surface area contributed by atoms with Crippen LogP contribution in [0.25, 0.3) is 5.32 Å². The maximum Gasteiger partial charge on any atom is 0.161 e. The zero-order valence-electron chi connectivity index (χ0n) is 9.99. The van der Waals surface area contributed by atoms with Gasteiger partial charge in [0, 0.05) is 44.1 Å². The normalized spacial score (nSPS) is 18.3. The van der Waals surface area contributed by atoms with E-state index in [9.17, 15) is 0 Å². The number of nitrogens with zero attached hydrogens (tertiary/aromatic N) is 1. The summed E-state index contributed by atoms with van der Waals surface area (Å²) in [5, 5.41) is 4.51. The summed E-state index contributed by atoms with van der Waals surface area (Å²) < 4.78 is 10.6. The van der Waals surface area contributed by atoms with Gasteiger partial charge in [-0.05, 0) is 24.1 Å². The van der Waals surface area contributed by atoms with Crippen LogP contribution < -0.4 is 9.47 Å². The van der Waals surface area contributed by atoms with Crippen LogP contribution in [0.3, 0.4) is 0 Å². The van der Waals surface area contributed by atoms with Crippen molar-refractivity contribution >= 4 is 0 Å². The minimum Gasteiger partial charge on any atom is -0.656 e. The number of benzene rings is 1. The Morgan fingerprint density at radius 2 is 1.81 bits per heavy atom. The van der Waals surface area contributed by atoms with E-state index < -0.39 is 0 Å². The first kappa shape index (κ1) is 14.3. The summed E-state index contributed by atoms with van der Waals surface area (Å²) in [7, 11) is 3.33. The second-order valence-electron chi connectivity index (χ2n) is 3.74. The summed E-state index contributed by atoms with van der Waals surface area (Å²) in [5.41, 5.74) is 2.59. The van der Waals surface area contributed by atoms with E-state index in [0.717, 1.165) is 24.5 Å². The van der Waals surface area contributed by atoms with Crippen molar-refractivity contribution in [2.45, 2.75) is 19.4 Å². The molecule has 85 valence electrons. The Balaban J connectivity index is 0.00000128. The van der Waals surface area contributed by atoms with Crippen LogP contribution in [0.1, 0.15) is 24.1 Å². The van der Waals surface area contributed by atoms with Crippen LogP contribution >= 0.6 is 0 Å². The molecule has 1 aromatic rings. The van der Waals surface area contributed by atoms with E-state index in [-0.39, 0.29) is 50.1 Å². The van der Waals surface area contributed by atoms with Crippen molar-refractivity contribution in [1.82, 2.24) is 0 Å². The molecule has 0 bridgehead atoms. The molecule has 3 nitrogen and oxygen atoms in total. The molecule has 1 atom stereocenters. The molecule has 0 aromatic heterocycles.